The van der Waals surface area contributed by atoms with Gasteiger partial charge in [0.1, 0.15) is 35.2 Å². The van der Waals surface area contributed by atoms with Gasteiger partial charge in [-0.15, -0.1) is 0 Å². The zero-order chi connectivity index (χ0) is 73.2. The van der Waals surface area contributed by atoms with E-state index in [-0.39, 0.29) is 0 Å². The van der Waals surface area contributed by atoms with Crippen LogP contribution >= 0.6 is 0 Å². The Kier molecular flexibility index (Phi) is 19.1. The average Bonchev–Trinajstić information content (AvgIpc) is 1.30. The number of rotatable bonds is 6. The predicted molar refractivity (Wildman–Crippen MR) is 394 cm³/mol. The first-order valence-electron chi connectivity index (χ1n) is 38.2. The smallest absolute Gasteiger partial charge is 0.201 e. The summed E-state index contributed by atoms with van der Waals surface area (Å²) in [5.74, 6) is -1.70. The van der Waals surface area contributed by atoms with Crippen LogP contribution in [0.2, 0.25) is 0 Å². The first kappa shape index (κ1) is 59.6. The maximum absolute atomic E-state index is 8.28. The molecule has 94 heavy (non-hydrogen) atoms. The molecule has 0 radical (unpaired) electrons. The molecule has 0 bridgehead atoms. The molecule has 0 fully saturated rings. The third-order valence-electron chi connectivity index (χ3n) is 20.5. The average molecular weight is 1260 g/mol. The Morgan fingerprint density at radius 3 is 1.16 bits per heavy atom. The molecule has 1 unspecified atom stereocenters. The molecule has 1 atom stereocenters. The van der Waals surface area contributed by atoms with Crippen molar-refractivity contribution in [3.63, 3.8) is 0 Å². The van der Waals surface area contributed by atoms with Crippen LogP contribution in [-0.2, 0) is 86.6 Å². The van der Waals surface area contributed by atoms with Gasteiger partial charge in [-0.2, -0.15) is 0 Å². The van der Waals surface area contributed by atoms with Crippen LogP contribution in [0.4, 0.5) is 0 Å². The van der Waals surface area contributed by atoms with Crippen LogP contribution in [0, 0.1) is 83.0 Å². The molecule has 0 saturated carbocycles. The third kappa shape index (κ3) is 15.5. The molecule has 4 aliphatic carbocycles. The molecule has 5 aromatic carbocycles. The number of hydrogen-bond donors (Lipinski definition) is 0. The quantitative estimate of drug-likeness (QED) is 0.148. The van der Waals surface area contributed by atoms with Crippen molar-refractivity contribution in [3.8, 4) is 56.3 Å². The van der Waals surface area contributed by atoms with Gasteiger partial charge in [0.2, 0.25) is 28.5 Å². The van der Waals surface area contributed by atoms with Crippen molar-refractivity contribution in [2.24, 2.45) is 35.2 Å². The van der Waals surface area contributed by atoms with Gasteiger partial charge in [0.15, 0.2) is 31.0 Å². The van der Waals surface area contributed by atoms with E-state index in [1.54, 1.807) is 75.8 Å². The first-order chi connectivity index (χ1) is 47.7. The number of benzene rings is 5. The molecule has 5 heteroatoms. The number of fused-ring (bicyclic) bond motifs is 4. The Balaban J connectivity index is 0.000000137. The van der Waals surface area contributed by atoms with Crippen LogP contribution in [0.1, 0.15) is 185 Å². The summed E-state index contributed by atoms with van der Waals surface area (Å²) in [4.78, 5) is 0. The van der Waals surface area contributed by atoms with Crippen molar-refractivity contribution in [3.05, 3.63) is 263 Å². The molecule has 5 aromatic heterocycles. The molecule has 0 spiro atoms. The maximum atomic E-state index is 8.28. The highest BCUT2D eigenvalue weighted by molar-refractivity contribution is 5.69. The van der Waals surface area contributed by atoms with Gasteiger partial charge in [0, 0.05) is 95.1 Å². The van der Waals surface area contributed by atoms with Crippen LogP contribution in [0.25, 0.3) is 56.3 Å². The minimum atomic E-state index is -2.43. The van der Waals surface area contributed by atoms with Gasteiger partial charge in [0.05, 0.1) is 0 Å². The molecule has 0 amide bonds. The largest absolute Gasteiger partial charge is 0.216 e. The summed E-state index contributed by atoms with van der Waals surface area (Å²) in [6.07, 6.45) is 28.6. The van der Waals surface area contributed by atoms with Crippen LogP contribution in [0.15, 0.2) is 146 Å². The highest BCUT2D eigenvalue weighted by Crippen LogP contribution is 2.35. The monoisotopic (exact) mass is 1260 g/mol. The van der Waals surface area contributed by atoms with Gasteiger partial charge >= 0.3 is 0 Å². The van der Waals surface area contributed by atoms with E-state index in [0.29, 0.717) is 11.1 Å². The summed E-state index contributed by atoms with van der Waals surface area (Å²) >= 11 is 0. The molecule has 14 rings (SSSR count). The van der Waals surface area contributed by atoms with Gasteiger partial charge in [-0.25, -0.2) is 22.8 Å². The second kappa shape index (κ2) is 30.1. The number of aryl methyl sites for hydroxylation is 21. The Morgan fingerprint density at radius 1 is 0.330 bits per heavy atom. The second-order valence-corrected chi connectivity index (χ2v) is 28.0. The predicted octanol–water partition coefficient (Wildman–Crippen LogP) is 18.4. The van der Waals surface area contributed by atoms with E-state index in [1.807, 2.05) is 19.9 Å². The first-order valence-corrected chi connectivity index (χ1v) is 34.7. The fraction of sp³-hybridized carbons (Fsp3) is 0.382. The number of pyridine rings is 5. The highest BCUT2D eigenvalue weighted by atomic mass is 14.9. The summed E-state index contributed by atoms with van der Waals surface area (Å²) in [6.45, 7) is 19.8. The van der Waals surface area contributed by atoms with E-state index in [1.165, 1.54) is 192 Å². The van der Waals surface area contributed by atoms with E-state index in [4.69, 9.17) is 9.60 Å². The Morgan fingerprint density at radius 2 is 0.702 bits per heavy atom. The lowest BCUT2D eigenvalue weighted by atomic mass is 9.87. The summed E-state index contributed by atoms with van der Waals surface area (Å²) in [7, 11) is 10.5. The fourth-order valence-electron chi connectivity index (χ4n) is 15.2. The number of hydrogen-bond acceptors (Lipinski definition) is 0. The summed E-state index contributed by atoms with van der Waals surface area (Å²) in [5, 5.41) is 0. The van der Waals surface area contributed by atoms with E-state index in [2.05, 4.69) is 224 Å². The lowest BCUT2D eigenvalue weighted by Gasteiger charge is -2.18. The van der Waals surface area contributed by atoms with Gasteiger partial charge in [-0.3, -0.25) is 0 Å². The minimum absolute atomic E-state index is 0.321. The third-order valence-corrected chi connectivity index (χ3v) is 20.5. The van der Waals surface area contributed by atoms with Gasteiger partial charge < -0.3 is 0 Å². The topological polar surface area (TPSA) is 19.4 Å². The lowest BCUT2D eigenvalue weighted by molar-refractivity contribution is -0.661. The molecular formula is C89H110N5+5. The molecule has 4 aliphatic rings. The van der Waals surface area contributed by atoms with Crippen molar-refractivity contribution in [2.75, 3.05) is 0 Å². The van der Waals surface area contributed by atoms with Gasteiger partial charge in [0.25, 0.3) is 0 Å². The van der Waals surface area contributed by atoms with E-state index in [9.17, 15) is 0 Å². The van der Waals surface area contributed by atoms with Gasteiger partial charge in [-0.05, 0) is 270 Å². The highest BCUT2D eigenvalue weighted by Gasteiger charge is 2.27. The number of nitrogens with zero attached hydrogens (tertiary/aromatic N) is 5. The maximum Gasteiger partial charge on any atom is 0.216 e. The van der Waals surface area contributed by atoms with Crippen LogP contribution in [-0.4, -0.2) is 0 Å². The fourth-order valence-corrected chi connectivity index (χ4v) is 15.2. The van der Waals surface area contributed by atoms with Crippen LogP contribution in [0.3, 0.4) is 0 Å². The van der Waals surface area contributed by atoms with Crippen molar-refractivity contribution >= 4 is 0 Å². The van der Waals surface area contributed by atoms with E-state index in [0.717, 1.165) is 27.9 Å². The van der Waals surface area contributed by atoms with E-state index >= 15 is 0 Å². The normalized spacial score (nSPS) is 15.4. The molecular weight excluding hydrogens is 1140 g/mol. The summed E-state index contributed by atoms with van der Waals surface area (Å²) < 4.78 is 65.3. The Labute approximate surface area is 576 Å². The van der Waals surface area contributed by atoms with Crippen molar-refractivity contribution in [2.45, 2.75) is 193 Å². The molecule has 0 saturated heterocycles. The second-order valence-electron chi connectivity index (χ2n) is 28.0. The molecule has 0 N–H and O–H groups in total. The Hall–Kier alpha value is -8.15. The molecule has 5 heterocycles. The lowest BCUT2D eigenvalue weighted by Crippen LogP contribution is -2.33. The molecule has 486 valence electrons. The zero-order valence-corrected chi connectivity index (χ0v) is 60.0. The standard InChI is InChI=1S/C19H26N.2C18H22N.2C17H20N/c1-12(2)17-8-9-18(13(3)10-17)19-16(6)15(5)14(4)11-20(19)7;1-13-8-9-17(14(2)10-13)18-11-15-6-4-5-7-16(15)12-19(18)3;1-13-8-9-16(14(2)12-13)18-17-7-5-4-6-15(17)10-11-19(18)3;1-12-7-8-16(13(2)9-12)17-10-14-5-4-6-15(14)11-18(17)3;1-12-7-8-15(13(2)11-12)17-16-6-4-5-14(16)9-10-18(17)3/h8-12H,1-7H3;2*8-12H,4-7H2,1-3H3;2*7-11H,4-6H2,1-3H3/q5*+1/i1D3,4D3,12D;;;;. The van der Waals surface area contributed by atoms with Crippen molar-refractivity contribution in [1.29, 1.82) is 0 Å². The van der Waals surface area contributed by atoms with Crippen molar-refractivity contribution in [1.82, 2.24) is 0 Å². The van der Waals surface area contributed by atoms with Crippen molar-refractivity contribution < 1.29 is 32.4 Å². The molecule has 0 aliphatic heterocycles. The van der Waals surface area contributed by atoms with Crippen LogP contribution < -0.4 is 22.8 Å². The molecule has 10 aromatic rings. The Bertz CT molecular complexity index is 4740. The van der Waals surface area contributed by atoms with E-state index < -0.39 is 19.6 Å². The summed E-state index contributed by atoms with van der Waals surface area (Å²) in [5.41, 5.74) is 39.2. The molecule has 5 nitrogen and oxygen atoms in total. The summed E-state index contributed by atoms with van der Waals surface area (Å²) in [6, 6.07) is 41.7. The number of aromatic nitrogens is 5. The van der Waals surface area contributed by atoms with Crippen LogP contribution in [0.5, 0.6) is 0 Å². The minimum Gasteiger partial charge on any atom is -0.201 e. The zero-order valence-electron chi connectivity index (χ0n) is 67.0. The SMILES string of the molecule is Cc1ccc(-c2c3c(cc[n+]2C)CCC3)c(C)c1.Cc1ccc(-c2c3c(cc[n+]2C)CCCC3)c(C)c1.Cc1ccc(-c2cc3c(c[n+]2C)CCC3)c(C)c1.Cc1ccc(-c2cc3c(c[n+]2C)CCCC3)c(C)c1.[2H]C([2H])([2H])c1c[n+](C)c(-c2ccc(C([2H])(C)C([2H])([2H])[2H])cc2C)c(C)c1C. The van der Waals surface area contributed by atoms with Gasteiger partial charge in [-0.1, -0.05) is 96.7 Å².